The zero-order valence-electron chi connectivity index (χ0n) is 11.4. The van der Waals surface area contributed by atoms with Gasteiger partial charge >= 0.3 is 0 Å². The van der Waals surface area contributed by atoms with Gasteiger partial charge in [-0.1, -0.05) is 19.4 Å². The van der Waals surface area contributed by atoms with Crippen molar-refractivity contribution in [2.45, 2.75) is 38.5 Å². The topological polar surface area (TPSA) is 33.2 Å². The molecule has 0 aromatic carbocycles. The Balaban J connectivity index is 2.41. The fraction of sp³-hybridized carbons (Fsp3) is 0.571. The Morgan fingerprint density at radius 2 is 2.28 bits per heavy atom. The first-order chi connectivity index (χ1) is 8.65. The van der Waals surface area contributed by atoms with Gasteiger partial charge in [-0.25, -0.2) is 0 Å². The van der Waals surface area contributed by atoms with E-state index in [0.29, 0.717) is 6.54 Å². The molecule has 0 radical (unpaired) electrons. The number of carbonyl (C=O) groups excluding carboxylic acids is 1. The van der Waals surface area contributed by atoms with Gasteiger partial charge in [-0.15, -0.1) is 11.8 Å². The van der Waals surface area contributed by atoms with E-state index in [-0.39, 0.29) is 11.2 Å². The smallest absolute Gasteiger partial charge is 0.235 e. The van der Waals surface area contributed by atoms with Crippen LogP contribution in [0.25, 0.3) is 0 Å². The average Bonchev–Trinajstić information content (AvgIpc) is 2.39. The molecule has 1 aromatic heterocycles. The molecule has 0 fully saturated rings. The summed E-state index contributed by atoms with van der Waals surface area (Å²) in [4.78, 5) is 18.1. The summed E-state index contributed by atoms with van der Waals surface area (Å²) in [5.41, 5.74) is 0.930. The van der Waals surface area contributed by atoms with E-state index >= 15 is 0 Å². The van der Waals surface area contributed by atoms with Crippen molar-refractivity contribution in [3.63, 3.8) is 0 Å². The number of rotatable bonds is 7. The molecule has 0 aliphatic heterocycles. The minimum absolute atomic E-state index is 0.0327. The Hall–Kier alpha value is -1.03. The molecule has 3 nitrogen and oxygen atoms in total. The summed E-state index contributed by atoms with van der Waals surface area (Å²) in [6.07, 6.45) is 4.11. The molecule has 1 amide bonds. The van der Waals surface area contributed by atoms with E-state index in [0.717, 1.165) is 11.4 Å². The molecular formula is C14H22N2OS. The van der Waals surface area contributed by atoms with Crippen LogP contribution in [0.5, 0.6) is 0 Å². The lowest BCUT2D eigenvalue weighted by Crippen LogP contribution is -2.33. The van der Waals surface area contributed by atoms with Crippen LogP contribution < -0.4 is 0 Å². The van der Waals surface area contributed by atoms with Gasteiger partial charge in [0.2, 0.25) is 5.91 Å². The van der Waals surface area contributed by atoms with Gasteiger partial charge in [0.15, 0.2) is 0 Å². The summed E-state index contributed by atoms with van der Waals surface area (Å²) in [6, 6.07) is 5.77. The summed E-state index contributed by atoms with van der Waals surface area (Å²) in [5, 5.41) is 0.0327. The maximum Gasteiger partial charge on any atom is 0.235 e. The van der Waals surface area contributed by atoms with Gasteiger partial charge < -0.3 is 4.90 Å². The lowest BCUT2D eigenvalue weighted by Gasteiger charge is -2.20. The molecule has 0 spiro atoms. The monoisotopic (exact) mass is 266 g/mol. The highest BCUT2D eigenvalue weighted by Crippen LogP contribution is 2.15. The zero-order valence-corrected chi connectivity index (χ0v) is 12.2. The molecule has 0 aliphatic carbocycles. The molecule has 0 saturated carbocycles. The van der Waals surface area contributed by atoms with Crippen molar-refractivity contribution in [1.82, 2.24) is 9.88 Å². The molecule has 18 heavy (non-hydrogen) atoms. The third-order valence-corrected chi connectivity index (χ3v) is 3.94. The highest BCUT2D eigenvalue weighted by molar-refractivity contribution is 8.00. The molecule has 0 aliphatic rings. The van der Waals surface area contributed by atoms with E-state index in [1.807, 2.05) is 32.2 Å². The maximum atomic E-state index is 12.1. The van der Waals surface area contributed by atoms with Crippen molar-refractivity contribution in [2.75, 3.05) is 12.8 Å². The number of nitrogens with zero attached hydrogens (tertiary/aromatic N) is 2. The van der Waals surface area contributed by atoms with E-state index < -0.39 is 0 Å². The van der Waals surface area contributed by atoms with Gasteiger partial charge in [-0.05, 0) is 31.2 Å². The second kappa shape index (κ2) is 8.14. The number of carbonyl (C=O) groups is 1. The van der Waals surface area contributed by atoms with Gasteiger partial charge in [-0.2, -0.15) is 0 Å². The molecule has 0 N–H and O–H groups in total. The van der Waals surface area contributed by atoms with Crippen LogP contribution in [0.15, 0.2) is 24.4 Å². The molecule has 1 rings (SSSR count). The Bertz CT molecular complexity index is 356. The summed E-state index contributed by atoms with van der Waals surface area (Å²) >= 11 is 1.74. The number of pyridine rings is 1. The van der Waals surface area contributed by atoms with Gasteiger partial charge in [-0.3, -0.25) is 9.78 Å². The minimum Gasteiger partial charge on any atom is -0.339 e. The Kier molecular flexibility index (Phi) is 6.80. The van der Waals surface area contributed by atoms with Crippen LogP contribution in [0.4, 0.5) is 0 Å². The Morgan fingerprint density at radius 1 is 1.50 bits per heavy atom. The molecule has 1 unspecified atom stereocenters. The van der Waals surface area contributed by atoms with Gasteiger partial charge in [0.25, 0.3) is 0 Å². The van der Waals surface area contributed by atoms with Crippen molar-refractivity contribution in [2.24, 2.45) is 0 Å². The quantitative estimate of drug-likeness (QED) is 0.711. The van der Waals surface area contributed by atoms with Crippen LogP contribution in [0.1, 0.15) is 32.4 Å². The van der Waals surface area contributed by atoms with Crippen molar-refractivity contribution in [1.29, 1.82) is 0 Å². The largest absolute Gasteiger partial charge is 0.339 e. The highest BCUT2D eigenvalue weighted by Gasteiger charge is 2.17. The van der Waals surface area contributed by atoms with Crippen molar-refractivity contribution < 1.29 is 4.79 Å². The Morgan fingerprint density at radius 3 is 2.89 bits per heavy atom. The predicted molar refractivity (Wildman–Crippen MR) is 77.5 cm³/mol. The highest BCUT2D eigenvalue weighted by atomic mass is 32.2. The number of aromatic nitrogens is 1. The summed E-state index contributed by atoms with van der Waals surface area (Å²) in [5.74, 6) is 1.24. The predicted octanol–water partition coefficient (Wildman–Crippen LogP) is 2.96. The molecule has 1 aromatic rings. The first-order valence-corrected chi connectivity index (χ1v) is 7.46. The van der Waals surface area contributed by atoms with E-state index in [2.05, 4.69) is 11.9 Å². The number of thioether (sulfide) groups is 1. The third-order valence-electron chi connectivity index (χ3n) is 2.72. The summed E-state index contributed by atoms with van der Waals surface area (Å²) < 4.78 is 0. The van der Waals surface area contributed by atoms with Gasteiger partial charge in [0.05, 0.1) is 17.5 Å². The van der Waals surface area contributed by atoms with Crippen molar-refractivity contribution >= 4 is 17.7 Å². The molecule has 100 valence electrons. The number of hydrogen-bond donors (Lipinski definition) is 0. The molecule has 4 heteroatoms. The number of amides is 1. The average molecular weight is 266 g/mol. The second-order valence-electron chi connectivity index (χ2n) is 4.38. The van der Waals surface area contributed by atoms with E-state index in [9.17, 15) is 4.79 Å². The third kappa shape index (κ3) is 5.08. The van der Waals surface area contributed by atoms with Crippen LogP contribution in [-0.4, -0.2) is 33.8 Å². The molecule has 0 saturated heterocycles. The van der Waals surface area contributed by atoms with Crippen LogP contribution in [0, 0.1) is 0 Å². The van der Waals surface area contributed by atoms with Gasteiger partial charge in [0, 0.05) is 13.2 Å². The second-order valence-corrected chi connectivity index (χ2v) is 5.83. The molecule has 1 heterocycles. The molecule has 0 bridgehead atoms. The minimum atomic E-state index is 0.0327. The SMILES string of the molecule is CCCCSC(C)C(=O)N(C)Cc1ccccn1. The first-order valence-electron chi connectivity index (χ1n) is 6.41. The fourth-order valence-electron chi connectivity index (χ4n) is 1.60. The lowest BCUT2D eigenvalue weighted by molar-refractivity contribution is -0.129. The first kappa shape index (κ1) is 15.0. The summed E-state index contributed by atoms with van der Waals surface area (Å²) in [7, 11) is 1.84. The Labute approximate surface area is 114 Å². The van der Waals surface area contributed by atoms with E-state index in [4.69, 9.17) is 0 Å². The lowest BCUT2D eigenvalue weighted by atomic mass is 10.3. The molecular weight excluding hydrogens is 244 g/mol. The van der Waals surface area contributed by atoms with Crippen molar-refractivity contribution in [3.8, 4) is 0 Å². The van der Waals surface area contributed by atoms with E-state index in [1.165, 1.54) is 12.8 Å². The van der Waals surface area contributed by atoms with Crippen LogP contribution in [0.3, 0.4) is 0 Å². The van der Waals surface area contributed by atoms with Crippen LogP contribution >= 0.6 is 11.8 Å². The van der Waals surface area contributed by atoms with Gasteiger partial charge in [0.1, 0.15) is 0 Å². The number of unbranched alkanes of at least 4 members (excludes halogenated alkanes) is 1. The van der Waals surface area contributed by atoms with Crippen molar-refractivity contribution in [3.05, 3.63) is 30.1 Å². The maximum absolute atomic E-state index is 12.1. The normalized spacial score (nSPS) is 12.2. The van der Waals surface area contributed by atoms with E-state index in [1.54, 1.807) is 22.9 Å². The van der Waals surface area contributed by atoms with Crippen LogP contribution in [0.2, 0.25) is 0 Å². The standard InChI is InChI=1S/C14H22N2OS/c1-4-5-10-18-12(2)14(17)16(3)11-13-8-6-7-9-15-13/h6-9,12H,4-5,10-11H2,1-3H3. The van der Waals surface area contributed by atoms with Crippen LogP contribution in [-0.2, 0) is 11.3 Å². The molecule has 1 atom stereocenters. The number of hydrogen-bond acceptors (Lipinski definition) is 3. The fourth-order valence-corrected chi connectivity index (χ4v) is 2.73. The summed E-state index contributed by atoms with van der Waals surface area (Å²) in [6.45, 7) is 4.73. The zero-order chi connectivity index (χ0) is 13.4.